The minimum Gasteiger partial charge on any atom is -0.312 e. The Hall–Kier alpha value is -0.670. The molecular weight excluding hydrogens is 309 g/mol. The second-order valence-electron chi connectivity index (χ2n) is 4.89. The number of benzene rings is 2. The lowest BCUT2D eigenvalue weighted by molar-refractivity contribution is 0.515. The summed E-state index contributed by atoms with van der Waals surface area (Å²) in [6, 6.07) is 14.4. The molecule has 2 unspecified atom stereocenters. The van der Waals surface area contributed by atoms with E-state index < -0.39 is 0 Å². The van der Waals surface area contributed by atoms with Crippen LogP contribution in [0.3, 0.4) is 0 Å². The highest BCUT2D eigenvalue weighted by atomic mass is 35.5. The van der Waals surface area contributed by atoms with Crippen molar-refractivity contribution in [2.75, 3.05) is 12.8 Å². The van der Waals surface area contributed by atoms with Crippen LogP contribution in [-0.4, -0.2) is 12.8 Å². The molecule has 0 amide bonds. The molecule has 0 fully saturated rings. The van der Waals surface area contributed by atoms with Crippen molar-refractivity contribution < 1.29 is 0 Å². The molecule has 104 valence electrons. The van der Waals surface area contributed by atoms with E-state index in [2.05, 4.69) is 29.6 Å². The van der Waals surface area contributed by atoms with Crippen molar-refractivity contribution in [1.82, 2.24) is 5.32 Å². The van der Waals surface area contributed by atoms with Crippen molar-refractivity contribution in [2.45, 2.75) is 16.9 Å². The molecule has 2 aromatic rings. The van der Waals surface area contributed by atoms with Crippen LogP contribution in [0.5, 0.6) is 0 Å². The number of rotatable bonds is 3. The first kappa shape index (κ1) is 14.3. The Balaban J connectivity index is 2.01. The van der Waals surface area contributed by atoms with Gasteiger partial charge in [-0.1, -0.05) is 41.4 Å². The van der Waals surface area contributed by atoms with Gasteiger partial charge >= 0.3 is 0 Å². The molecule has 1 nitrogen and oxygen atoms in total. The molecule has 1 aliphatic heterocycles. The molecule has 0 saturated carbocycles. The van der Waals surface area contributed by atoms with Gasteiger partial charge in [-0.25, -0.2) is 0 Å². The second-order valence-corrected chi connectivity index (χ2v) is 6.79. The molecule has 20 heavy (non-hydrogen) atoms. The first-order valence-corrected chi connectivity index (χ1v) is 8.29. The molecule has 4 heteroatoms. The van der Waals surface area contributed by atoms with Crippen LogP contribution >= 0.6 is 35.0 Å². The summed E-state index contributed by atoms with van der Waals surface area (Å²) in [7, 11) is 1.98. The van der Waals surface area contributed by atoms with Gasteiger partial charge in [-0.2, -0.15) is 0 Å². The van der Waals surface area contributed by atoms with Gasteiger partial charge in [0.15, 0.2) is 0 Å². The molecule has 0 bridgehead atoms. The number of thioether (sulfide) groups is 1. The Morgan fingerprint density at radius 2 is 2.00 bits per heavy atom. The van der Waals surface area contributed by atoms with Gasteiger partial charge in [0.25, 0.3) is 0 Å². The van der Waals surface area contributed by atoms with Gasteiger partial charge in [0.05, 0.1) is 0 Å². The Morgan fingerprint density at radius 1 is 1.20 bits per heavy atom. The summed E-state index contributed by atoms with van der Waals surface area (Å²) in [5.41, 5.74) is 2.47. The van der Waals surface area contributed by atoms with Crippen LogP contribution in [0.1, 0.15) is 23.1 Å². The average molecular weight is 324 g/mol. The summed E-state index contributed by atoms with van der Waals surface area (Å²) in [5, 5.41) is 4.91. The van der Waals surface area contributed by atoms with E-state index in [1.54, 1.807) is 0 Å². The molecule has 0 aromatic heterocycles. The van der Waals surface area contributed by atoms with E-state index in [1.807, 2.05) is 37.0 Å². The molecule has 2 atom stereocenters. The maximum Gasteiger partial charge on any atom is 0.0455 e. The third kappa shape index (κ3) is 2.58. The maximum atomic E-state index is 6.37. The maximum absolute atomic E-state index is 6.37. The number of halogens is 2. The SMILES string of the molecule is CNC(c1cc(Cl)ccc1Cl)C1CSc2ccccc21. The zero-order valence-corrected chi connectivity index (χ0v) is 13.4. The highest BCUT2D eigenvalue weighted by molar-refractivity contribution is 7.99. The molecule has 3 rings (SSSR count). The molecule has 0 saturated heterocycles. The lowest BCUT2D eigenvalue weighted by atomic mass is 9.88. The van der Waals surface area contributed by atoms with Crippen LogP contribution in [-0.2, 0) is 0 Å². The quantitative estimate of drug-likeness (QED) is 0.838. The van der Waals surface area contributed by atoms with Crippen molar-refractivity contribution >= 4 is 35.0 Å². The lowest BCUT2D eigenvalue weighted by Gasteiger charge is -2.25. The van der Waals surface area contributed by atoms with Gasteiger partial charge < -0.3 is 5.32 Å². The van der Waals surface area contributed by atoms with Gasteiger partial charge in [0.2, 0.25) is 0 Å². The summed E-state index contributed by atoms with van der Waals surface area (Å²) < 4.78 is 0. The second kappa shape index (κ2) is 5.98. The molecular formula is C16H15Cl2NS. The topological polar surface area (TPSA) is 12.0 Å². The van der Waals surface area contributed by atoms with Crippen LogP contribution in [0, 0.1) is 0 Å². The van der Waals surface area contributed by atoms with Crippen molar-refractivity contribution in [3.8, 4) is 0 Å². The summed E-state index contributed by atoms with van der Waals surface area (Å²) in [6.45, 7) is 0. The fourth-order valence-corrected chi connectivity index (χ4v) is 4.50. The summed E-state index contributed by atoms with van der Waals surface area (Å²) >= 11 is 14.4. The number of likely N-dealkylation sites (N-methyl/N-ethyl adjacent to an activating group) is 1. The molecule has 0 radical (unpaired) electrons. The van der Waals surface area contributed by atoms with Crippen molar-refractivity contribution in [3.63, 3.8) is 0 Å². The number of nitrogens with one attached hydrogen (secondary N) is 1. The van der Waals surface area contributed by atoms with Crippen LogP contribution in [0.25, 0.3) is 0 Å². The van der Waals surface area contributed by atoms with E-state index in [4.69, 9.17) is 23.2 Å². The molecule has 1 heterocycles. The summed E-state index contributed by atoms with van der Waals surface area (Å²) in [6.07, 6.45) is 0. The fourth-order valence-electron chi connectivity index (χ4n) is 2.79. The number of hydrogen-bond donors (Lipinski definition) is 1. The van der Waals surface area contributed by atoms with E-state index in [0.717, 1.165) is 21.4 Å². The van der Waals surface area contributed by atoms with Gasteiger partial charge in [-0.15, -0.1) is 11.8 Å². The number of fused-ring (bicyclic) bond motifs is 1. The van der Waals surface area contributed by atoms with Gasteiger partial charge in [-0.05, 0) is 42.4 Å². The first-order chi connectivity index (χ1) is 9.70. The van der Waals surface area contributed by atoms with Crippen LogP contribution in [0.4, 0.5) is 0 Å². The van der Waals surface area contributed by atoms with Crippen molar-refractivity contribution in [3.05, 3.63) is 63.6 Å². The van der Waals surface area contributed by atoms with Crippen LogP contribution in [0.2, 0.25) is 10.0 Å². The van der Waals surface area contributed by atoms with E-state index in [9.17, 15) is 0 Å². The van der Waals surface area contributed by atoms with Crippen molar-refractivity contribution in [1.29, 1.82) is 0 Å². The Kier molecular flexibility index (Phi) is 4.27. The Morgan fingerprint density at radius 3 is 2.80 bits per heavy atom. The minimum atomic E-state index is 0.178. The monoisotopic (exact) mass is 323 g/mol. The lowest BCUT2D eigenvalue weighted by Crippen LogP contribution is -2.24. The fraction of sp³-hybridized carbons (Fsp3) is 0.250. The zero-order chi connectivity index (χ0) is 14.1. The smallest absolute Gasteiger partial charge is 0.0455 e. The summed E-state index contributed by atoms with van der Waals surface area (Å²) in [5.74, 6) is 1.48. The van der Waals surface area contributed by atoms with Crippen LogP contribution in [0.15, 0.2) is 47.4 Å². The first-order valence-electron chi connectivity index (χ1n) is 6.54. The van der Waals surface area contributed by atoms with Crippen LogP contribution < -0.4 is 5.32 Å². The summed E-state index contributed by atoms with van der Waals surface area (Å²) in [4.78, 5) is 1.37. The third-order valence-electron chi connectivity index (χ3n) is 3.74. The predicted molar refractivity (Wildman–Crippen MR) is 88.2 cm³/mol. The molecule has 2 aromatic carbocycles. The minimum absolute atomic E-state index is 0.178. The predicted octanol–water partition coefficient (Wildman–Crippen LogP) is 5.14. The highest BCUT2D eigenvalue weighted by Crippen LogP contribution is 2.46. The average Bonchev–Trinajstić information content (AvgIpc) is 2.88. The Labute approximate surface area is 133 Å². The van der Waals surface area contributed by atoms with Crippen molar-refractivity contribution in [2.24, 2.45) is 0 Å². The highest BCUT2D eigenvalue weighted by Gasteiger charge is 2.31. The van der Waals surface area contributed by atoms with Gasteiger partial charge in [-0.3, -0.25) is 0 Å². The van der Waals surface area contributed by atoms with E-state index in [0.29, 0.717) is 5.92 Å². The standard InChI is InChI=1S/C16H15Cl2NS/c1-19-16(12-8-10(17)6-7-14(12)18)13-9-20-15-5-3-2-4-11(13)15/h2-8,13,16,19H,9H2,1H3. The normalized spacial score (nSPS) is 18.9. The van der Waals surface area contributed by atoms with E-state index >= 15 is 0 Å². The zero-order valence-electron chi connectivity index (χ0n) is 11.1. The largest absolute Gasteiger partial charge is 0.312 e. The molecule has 0 spiro atoms. The molecule has 0 aliphatic carbocycles. The van der Waals surface area contributed by atoms with Gasteiger partial charge in [0, 0.05) is 32.7 Å². The molecule has 1 N–H and O–H groups in total. The Bertz CT molecular complexity index is 630. The van der Waals surface area contributed by atoms with Gasteiger partial charge in [0.1, 0.15) is 0 Å². The van der Waals surface area contributed by atoms with E-state index in [1.165, 1.54) is 10.5 Å². The van der Waals surface area contributed by atoms with E-state index in [-0.39, 0.29) is 6.04 Å². The number of hydrogen-bond acceptors (Lipinski definition) is 2. The third-order valence-corrected chi connectivity index (χ3v) is 5.53. The molecule has 1 aliphatic rings.